The number of amides is 2. The van der Waals surface area contributed by atoms with Crippen LogP contribution in [0.2, 0.25) is 0 Å². The van der Waals surface area contributed by atoms with Crippen LogP contribution in [0.3, 0.4) is 0 Å². The van der Waals surface area contributed by atoms with E-state index in [1.807, 2.05) is 12.1 Å². The van der Waals surface area contributed by atoms with Crippen LogP contribution in [0, 0.1) is 0 Å². The fourth-order valence-corrected chi connectivity index (χ4v) is 2.17. The lowest BCUT2D eigenvalue weighted by Gasteiger charge is -2.08. The van der Waals surface area contributed by atoms with Crippen LogP contribution in [-0.2, 0) is 11.3 Å². The first-order chi connectivity index (χ1) is 11.6. The summed E-state index contributed by atoms with van der Waals surface area (Å²) in [6.45, 7) is 0.452. The van der Waals surface area contributed by atoms with Gasteiger partial charge in [-0.15, -0.1) is 0 Å². The molecule has 3 rings (SSSR count). The average molecular weight is 328 g/mol. The summed E-state index contributed by atoms with van der Waals surface area (Å²) < 4.78 is 15.9. The van der Waals surface area contributed by atoms with Crippen molar-refractivity contribution < 1.29 is 23.8 Å². The molecule has 3 N–H and O–H groups in total. The van der Waals surface area contributed by atoms with Crippen molar-refractivity contribution in [1.29, 1.82) is 0 Å². The van der Waals surface area contributed by atoms with Crippen LogP contribution >= 0.6 is 0 Å². The summed E-state index contributed by atoms with van der Waals surface area (Å²) in [5, 5.41) is 2.76. The normalized spacial score (nSPS) is 11.8. The molecule has 1 aliphatic heterocycles. The third-order valence-electron chi connectivity index (χ3n) is 3.44. The van der Waals surface area contributed by atoms with Gasteiger partial charge in [0.1, 0.15) is 5.75 Å². The molecule has 2 amide bonds. The number of carbonyl (C=O) groups is 2. The Morgan fingerprint density at radius 1 is 1.08 bits per heavy atom. The summed E-state index contributed by atoms with van der Waals surface area (Å²) in [6.07, 6.45) is 0. The fourth-order valence-electron chi connectivity index (χ4n) is 2.17. The minimum absolute atomic E-state index is 0.125. The molecule has 0 saturated carbocycles. The SMILES string of the molecule is NC(=O)c1ccc(OCC(=O)NCc2ccc3c(c2)OCO3)cc1. The lowest BCUT2D eigenvalue weighted by atomic mass is 10.2. The number of fused-ring (bicyclic) bond motifs is 1. The van der Waals surface area contributed by atoms with Gasteiger partial charge in [-0.1, -0.05) is 6.07 Å². The molecule has 0 bridgehead atoms. The number of ether oxygens (including phenoxy) is 3. The second kappa shape index (κ2) is 6.91. The van der Waals surface area contributed by atoms with Gasteiger partial charge >= 0.3 is 0 Å². The average Bonchev–Trinajstić information content (AvgIpc) is 3.06. The minimum Gasteiger partial charge on any atom is -0.484 e. The molecule has 1 heterocycles. The molecule has 2 aromatic rings. The van der Waals surface area contributed by atoms with Gasteiger partial charge < -0.3 is 25.3 Å². The zero-order chi connectivity index (χ0) is 16.9. The largest absolute Gasteiger partial charge is 0.484 e. The number of hydrogen-bond acceptors (Lipinski definition) is 5. The molecule has 0 radical (unpaired) electrons. The summed E-state index contributed by atoms with van der Waals surface area (Å²) in [4.78, 5) is 22.8. The highest BCUT2D eigenvalue weighted by Crippen LogP contribution is 2.32. The molecular formula is C17H16N2O5. The maximum Gasteiger partial charge on any atom is 0.258 e. The van der Waals surface area contributed by atoms with Gasteiger partial charge in [-0.3, -0.25) is 9.59 Å². The Balaban J connectivity index is 1.46. The molecule has 0 unspecified atom stereocenters. The Hall–Kier alpha value is -3.22. The molecule has 0 aromatic heterocycles. The predicted molar refractivity (Wildman–Crippen MR) is 84.9 cm³/mol. The molecule has 2 aromatic carbocycles. The number of primary amides is 1. The number of benzene rings is 2. The van der Waals surface area contributed by atoms with Crippen LogP contribution in [0.4, 0.5) is 0 Å². The van der Waals surface area contributed by atoms with Crippen molar-refractivity contribution in [3.05, 3.63) is 53.6 Å². The molecule has 0 aliphatic carbocycles. The van der Waals surface area contributed by atoms with E-state index in [0.717, 1.165) is 5.56 Å². The van der Waals surface area contributed by atoms with Gasteiger partial charge in [0.25, 0.3) is 5.91 Å². The van der Waals surface area contributed by atoms with Gasteiger partial charge in [-0.05, 0) is 42.0 Å². The molecule has 0 spiro atoms. The van der Waals surface area contributed by atoms with Gasteiger partial charge in [0.2, 0.25) is 12.7 Å². The first-order valence-corrected chi connectivity index (χ1v) is 7.30. The Labute approximate surface area is 138 Å². The molecule has 0 fully saturated rings. The van der Waals surface area contributed by atoms with Gasteiger partial charge in [0.15, 0.2) is 18.1 Å². The van der Waals surface area contributed by atoms with Crippen molar-refractivity contribution >= 4 is 11.8 Å². The van der Waals surface area contributed by atoms with E-state index < -0.39 is 5.91 Å². The van der Waals surface area contributed by atoms with Crippen LogP contribution in [0.5, 0.6) is 17.2 Å². The fraction of sp³-hybridized carbons (Fsp3) is 0.176. The summed E-state index contributed by atoms with van der Waals surface area (Å²) in [5.41, 5.74) is 6.44. The minimum atomic E-state index is -0.511. The molecule has 1 aliphatic rings. The van der Waals surface area contributed by atoms with Crippen LogP contribution in [0.25, 0.3) is 0 Å². The van der Waals surface area contributed by atoms with Crippen molar-refractivity contribution in [2.45, 2.75) is 6.54 Å². The van der Waals surface area contributed by atoms with E-state index in [2.05, 4.69) is 5.32 Å². The third-order valence-corrected chi connectivity index (χ3v) is 3.44. The lowest BCUT2D eigenvalue weighted by molar-refractivity contribution is -0.123. The molecule has 7 heteroatoms. The first-order valence-electron chi connectivity index (χ1n) is 7.30. The van der Waals surface area contributed by atoms with Crippen LogP contribution in [-0.4, -0.2) is 25.2 Å². The lowest BCUT2D eigenvalue weighted by Crippen LogP contribution is -2.28. The second-order valence-corrected chi connectivity index (χ2v) is 5.14. The Kier molecular flexibility index (Phi) is 4.51. The maximum absolute atomic E-state index is 11.8. The highest BCUT2D eigenvalue weighted by Gasteiger charge is 2.13. The number of hydrogen-bond donors (Lipinski definition) is 2. The number of nitrogens with two attached hydrogens (primary N) is 1. The van der Waals surface area contributed by atoms with E-state index in [9.17, 15) is 9.59 Å². The molecule has 0 saturated heterocycles. The summed E-state index contributed by atoms with van der Waals surface area (Å²) in [5.74, 6) is 1.09. The second-order valence-electron chi connectivity index (χ2n) is 5.14. The van der Waals surface area contributed by atoms with E-state index in [-0.39, 0.29) is 19.3 Å². The standard InChI is InChI=1S/C17H16N2O5/c18-17(21)12-2-4-13(5-3-12)22-9-16(20)19-8-11-1-6-14-15(7-11)24-10-23-14/h1-7H,8-10H2,(H2,18,21)(H,19,20). The summed E-state index contributed by atoms with van der Waals surface area (Å²) in [7, 11) is 0. The van der Waals surface area contributed by atoms with Gasteiger partial charge in [-0.25, -0.2) is 0 Å². The Bertz CT molecular complexity index is 758. The molecular weight excluding hydrogens is 312 g/mol. The van der Waals surface area contributed by atoms with Gasteiger partial charge in [0, 0.05) is 12.1 Å². The van der Waals surface area contributed by atoms with Crippen molar-refractivity contribution in [2.24, 2.45) is 5.73 Å². The molecule has 124 valence electrons. The van der Waals surface area contributed by atoms with Crippen LogP contribution in [0.15, 0.2) is 42.5 Å². The summed E-state index contributed by atoms with van der Waals surface area (Å²) in [6, 6.07) is 11.8. The topological polar surface area (TPSA) is 99.9 Å². The van der Waals surface area contributed by atoms with E-state index in [0.29, 0.717) is 29.4 Å². The van der Waals surface area contributed by atoms with Crippen LogP contribution < -0.4 is 25.3 Å². The molecule has 24 heavy (non-hydrogen) atoms. The van der Waals surface area contributed by atoms with E-state index >= 15 is 0 Å². The van der Waals surface area contributed by atoms with E-state index in [1.165, 1.54) is 0 Å². The maximum atomic E-state index is 11.8. The van der Waals surface area contributed by atoms with Crippen molar-refractivity contribution in [2.75, 3.05) is 13.4 Å². The smallest absolute Gasteiger partial charge is 0.258 e. The van der Waals surface area contributed by atoms with Crippen molar-refractivity contribution in [1.82, 2.24) is 5.32 Å². The number of carbonyl (C=O) groups excluding carboxylic acids is 2. The monoisotopic (exact) mass is 328 g/mol. The summed E-state index contributed by atoms with van der Waals surface area (Å²) >= 11 is 0. The Morgan fingerprint density at radius 3 is 2.58 bits per heavy atom. The van der Waals surface area contributed by atoms with Gasteiger partial charge in [-0.2, -0.15) is 0 Å². The quantitative estimate of drug-likeness (QED) is 0.830. The zero-order valence-electron chi connectivity index (χ0n) is 12.8. The zero-order valence-corrected chi connectivity index (χ0v) is 12.8. The van der Waals surface area contributed by atoms with E-state index in [1.54, 1.807) is 30.3 Å². The predicted octanol–water partition coefficient (Wildman–Crippen LogP) is 1.21. The molecule has 7 nitrogen and oxygen atoms in total. The van der Waals surface area contributed by atoms with E-state index in [4.69, 9.17) is 19.9 Å². The van der Waals surface area contributed by atoms with Crippen molar-refractivity contribution in [3.63, 3.8) is 0 Å². The third kappa shape index (κ3) is 3.75. The number of nitrogens with one attached hydrogen (secondary N) is 1. The van der Waals surface area contributed by atoms with Crippen LogP contribution in [0.1, 0.15) is 15.9 Å². The highest BCUT2D eigenvalue weighted by atomic mass is 16.7. The Morgan fingerprint density at radius 2 is 1.83 bits per heavy atom. The van der Waals surface area contributed by atoms with Crippen molar-refractivity contribution in [3.8, 4) is 17.2 Å². The van der Waals surface area contributed by atoms with Gasteiger partial charge in [0.05, 0.1) is 0 Å². The molecule has 0 atom stereocenters. The first kappa shape index (κ1) is 15.7. The number of rotatable bonds is 6. The highest BCUT2D eigenvalue weighted by molar-refractivity contribution is 5.92.